The summed E-state index contributed by atoms with van der Waals surface area (Å²) in [5.41, 5.74) is 0. The predicted octanol–water partition coefficient (Wildman–Crippen LogP) is 5.51. The van der Waals surface area contributed by atoms with E-state index in [1.54, 1.807) is 21.1 Å². The molecule has 0 rings (SSSR count). The molecular formula is C32H59NO7. The van der Waals surface area contributed by atoms with Gasteiger partial charge in [-0.05, 0) is 38.5 Å². The van der Waals surface area contributed by atoms with E-state index in [-0.39, 0.29) is 42.7 Å². The highest BCUT2D eigenvalue weighted by Crippen LogP contribution is 2.12. The Morgan fingerprint density at radius 3 is 1.85 bits per heavy atom. The lowest BCUT2D eigenvalue weighted by Gasteiger charge is -2.34. The van der Waals surface area contributed by atoms with Gasteiger partial charge in [0.15, 0.2) is 6.10 Å². The van der Waals surface area contributed by atoms with Gasteiger partial charge < -0.3 is 28.6 Å². The second-order valence-corrected chi connectivity index (χ2v) is 11.7. The van der Waals surface area contributed by atoms with Gasteiger partial charge in [0.1, 0.15) is 12.6 Å². The first kappa shape index (κ1) is 38.1. The highest BCUT2D eigenvalue weighted by atomic mass is 16.6. The summed E-state index contributed by atoms with van der Waals surface area (Å²) in [6.45, 7) is 4.47. The molecule has 0 bridgehead atoms. The SMILES string of the molecule is CCCCC/C=C\CCCCCCCC(=O)OC(COCCC(C(=O)[O-])[N+](C)(C)C)COC(=O)CCCCCC. The number of aliphatic carboxylic acids is 1. The van der Waals surface area contributed by atoms with Gasteiger partial charge in [0.25, 0.3) is 0 Å². The third-order valence-corrected chi connectivity index (χ3v) is 6.90. The Bertz CT molecular complexity index is 687. The molecule has 2 unspecified atom stereocenters. The summed E-state index contributed by atoms with van der Waals surface area (Å²) in [4.78, 5) is 36.1. The van der Waals surface area contributed by atoms with Crippen molar-refractivity contribution in [2.75, 3.05) is 41.0 Å². The van der Waals surface area contributed by atoms with Gasteiger partial charge in [-0.1, -0.05) is 77.4 Å². The van der Waals surface area contributed by atoms with E-state index in [0.717, 1.165) is 57.8 Å². The van der Waals surface area contributed by atoms with Gasteiger partial charge in [0, 0.05) is 19.3 Å². The molecule has 0 N–H and O–H groups in total. The molecule has 2 atom stereocenters. The molecule has 0 aromatic rings. The fraction of sp³-hybridized carbons (Fsp3) is 0.844. The summed E-state index contributed by atoms with van der Waals surface area (Å²) in [5.74, 6) is -1.77. The lowest BCUT2D eigenvalue weighted by atomic mass is 10.1. The van der Waals surface area contributed by atoms with E-state index in [0.29, 0.717) is 12.8 Å². The summed E-state index contributed by atoms with van der Waals surface area (Å²) in [6, 6.07) is -0.719. The Labute approximate surface area is 244 Å². The number of hydrogen-bond acceptors (Lipinski definition) is 7. The molecule has 8 heteroatoms. The normalized spacial score (nSPS) is 13.3. The first-order chi connectivity index (χ1) is 19.1. The van der Waals surface area contributed by atoms with Crippen molar-refractivity contribution in [3.05, 3.63) is 12.2 Å². The molecule has 0 aromatic carbocycles. The Kier molecular flexibility index (Phi) is 23.6. The zero-order chi connectivity index (χ0) is 30.1. The van der Waals surface area contributed by atoms with Crippen molar-refractivity contribution in [1.29, 1.82) is 0 Å². The van der Waals surface area contributed by atoms with Crippen molar-refractivity contribution in [3.63, 3.8) is 0 Å². The van der Waals surface area contributed by atoms with Crippen molar-refractivity contribution in [1.82, 2.24) is 0 Å². The lowest BCUT2D eigenvalue weighted by molar-refractivity contribution is -0.889. The standard InChI is InChI=1S/C32H59NO7/c1-6-8-10-12-13-14-15-16-17-18-19-21-23-31(35)40-28(27-39-30(34)22-20-11-9-7-2)26-38-25-24-29(32(36)37)33(3,4)5/h13-14,28-29H,6-12,15-27H2,1-5H3/b14-13-. The van der Waals surface area contributed by atoms with Crippen LogP contribution < -0.4 is 5.11 Å². The number of allylic oxidation sites excluding steroid dienone is 2. The van der Waals surface area contributed by atoms with Crippen molar-refractivity contribution in [3.8, 4) is 0 Å². The van der Waals surface area contributed by atoms with Crippen LogP contribution in [-0.4, -0.2) is 75.5 Å². The second kappa shape index (κ2) is 24.8. The van der Waals surface area contributed by atoms with Crippen LogP contribution in [-0.2, 0) is 28.6 Å². The maximum atomic E-state index is 12.5. The minimum atomic E-state index is -1.13. The maximum absolute atomic E-state index is 12.5. The number of nitrogens with zero attached hydrogens (tertiary/aromatic N) is 1. The van der Waals surface area contributed by atoms with Crippen LogP contribution in [0.4, 0.5) is 0 Å². The van der Waals surface area contributed by atoms with Gasteiger partial charge in [-0.3, -0.25) is 9.59 Å². The molecule has 0 aliphatic carbocycles. The fourth-order valence-corrected chi connectivity index (χ4v) is 4.36. The molecule has 0 saturated carbocycles. The smallest absolute Gasteiger partial charge is 0.306 e. The first-order valence-corrected chi connectivity index (χ1v) is 15.7. The third-order valence-electron chi connectivity index (χ3n) is 6.90. The Hall–Kier alpha value is -1.93. The van der Waals surface area contributed by atoms with Crippen LogP contribution in [0.1, 0.15) is 123 Å². The molecule has 40 heavy (non-hydrogen) atoms. The van der Waals surface area contributed by atoms with Crippen LogP contribution in [0, 0.1) is 0 Å². The van der Waals surface area contributed by atoms with Gasteiger partial charge in [0.2, 0.25) is 0 Å². The van der Waals surface area contributed by atoms with Crippen LogP contribution in [0.15, 0.2) is 12.2 Å². The summed E-state index contributed by atoms with van der Waals surface area (Å²) < 4.78 is 16.8. The van der Waals surface area contributed by atoms with Crippen molar-refractivity contribution in [2.24, 2.45) is 0 Å². The molecule has 0 heterocycles. The molecule has 0 aromatic heterocycles. The molecular weight excluding hydrogens is 510 g/mol. The number of quaternary nitrogens is 1. The van der Waals surface area contributed by atoms with Crippen LogP contribution in [0.3, 0.4) is 0 Å². The third kappa shape index (κ3) is 22.8. The zero-order valence-electron chi connectivity index (χ0n) is 26.3. The molecule has 0 amide bonds. The van der Waals surface area contributed by atoms with Crippen LogP contribution in [0.2, 0.25) is 0 Å². The number of carboxylic acid groups (broad SMARTS) is 1. The van der Waals surface area contributed by atoms with E-state index >= 15 is 0 Å². The molecule has 0 fully saturated rings. The number of carbonyl (C=O) groups is 3. The van der Waals surface area contributed by atoms with Gasteiger partial charge in [0.05, 0.1) is 40.3 Å². The van der Waals surface area contributed by atoms with Crippen molar-refractivity contribution >= 4 is 17.9 Å². The molecule has 0 aliphatic heterocycles. The number of carbonyl (C=O) groups excluding carboxylic acids is 3. The Morgan fingerprint density at radius 1 is 0.725 bits per heavy atom. The highest BCUT2D eigenvalue weighted by molar-refractivity contribution is 5.70. The number of rotatable bonds is 27. The van der Waals surface area contributed by atoms with Gasteiger partial charge >= 0.3 is 11.9 Å². The summed E-state index contributed by atoms with van der Waals surface area (Å²) in [7, 11) is 5.37. The topological polar surface area (TPSA) is 102 Å². The highest BCUT2D eigenvalue weighted by Gasteiger charge is 2.25. The number of esters is 2. The monoisotopic (exact) mass is 569 g/mol. The van der Waals surface area contributed by atoms with Gasteiger partial charge in [-0.15, -0.1) is 0 Å². The zero-order valence-corrected chi connectivity index (χ0v) is 26.3. The number of carboxylic acids is 1. The van der Waals surface area contributed by atoms with E-state index in [4.69, 9.17) is 14.2 Å². The lowest BCUT2D eigenvalue weighted by Crippen LogP contribution is -2.55. The summed E-state index contributed by atoms with van der Waals surface area (Å²) in [6.07, 6.45) is 20.0. The minimum absolute atomic E-state index is 0.0394. The quantitative estimate of drug-likeness (QED) is 0.0556. The molecule has 234 valence electrons. The Balaban J connectivity index is 4.44. The number of unbranched alkanes of at least 4 members (excludes halogenated alkanes) is 11. The second-order valence-electron chi connectivity index (χ2n) is 11.7. The summed E-state index contributed by atoms with van der Waals surface area (Å²) >= 11 is 0. The van der Waals surface area contributed by atoms with Crippen LogP contribution in [0.25, 0.3) is 0 Å². The van der Waals surface area contributed by atoms with Gasteiger partial charge in [-0.25, -0.2) is 0 Å². The molecule has 0 radical (unpaired) electrons. The van der Waals surface area contributed by atoms with Crippen molar-refractivity contribution < 1.29 is 38.2 Å². The van der Waals surface area contributed by atoms with Crippen LogP contribution >= 0.6 is 0 Å². The number of hydrogen-bond donors (Lipinski definition) is 0. The van der Waals surface area contributed by atoms with Gasteiger partial charge in [-0.2, -0.15) is 0 Å². The molecule has 0 saturated heterocycles. The van der Waals surface area contributed by atoms with Crippen molar-refractivity contribution in [2.45, 2.75) is 135 Å². The van der Waals surface area contributed by atoms with E-state index in [1.807, 2.05) is 0 Å². The fourth-order valence-electron chi connectivity index (χ4n) is 4.36. The largest absolute Gasteiger partial charge is 0.544 e. The van der Waals surface area contributed by atoms with E-state index in [9.17, 15) is 19.5 Å². The van der Waals surface area contributed by atoms with E-state index < -0.39 is 18.1 Å². The molecule has 0 spiro atoms. The number of ether oxygens (including phenoxy) is 3. The molecule has 0 aliphatic rings. The van der Waals surface area contributed by atoms with Crippen LogP contribution in [0.5, 0.6) is 0 Å². The summed E-state index contributed by atoms with van der Waals surface area (Å²) in [5, 5.41) is 11.5. The van der Waals surface area contributed by atoms with E-state index in [2.05, 4.69) is 26.0 Å². The average Bonchev–Trinajstić information content (AvgIpc) is 2.89. The van der Waals surface area contributed by atoms with E-state index in [1.165, 1.54) is 32.1 Å². The average molecular weight is 570 g/mol. The number of likely N-dealkylation sites (N-methyl/N-ethyl adjacent to an activating group) is 1. The maximum Gasteiger partial charge on any atom is 0.306 e. The first-order valence-electron chi connectivity index (χ1n) is 15.7. The predicted molar refractivity (Wildman–Crippen MR) is 157 cm³/mol. The minimum Gasteiger partial charge on any atom is -0.544 e. The molecule has 8 nitrogen and oxygen atoms in total. The Morgan fingerprint density at radius 2 is 1.25 bits per heavy atom.